The molecule has 3 aromatic rings. The zero-order valence-electron chi connectivity index (χ0n) is 24.9. The largest absolute Gasteiger partial charge is 0.497 e. The van der Waals surface area contributed by atoms with Gasteiger partial charge in [0, 0.05) is 49.8 Å². The van der Waals surface area contributed by atoms with Crippen molar-refractivity contribution in [3.05, 3.63) is 89.5 Å². The maximum atomic E-state index is 14.1. The van der Waals surface area contributed by atoms with E-state index >= 15 is 0 Å². The molecule has 2 amide bonds. The Morgan fingerprint density at radius 2 is 1.60 bits per heavy atom. The third-order valence-electron chi connectivity index (χ3n) is 7.81. The summed E-state index contributed by atoms with van der Waals surface area (Å²) in [4.78, 5) is 31.7. The molecule has 0 radical (unpaired) electrons. The Kier molecular flexibility index (Phi) is 9.91. The highest BCUT2D eigenvalue weighted by atomic mass is 16.5. The molecule has 10 heteroatoms. The van der Waals surface area contributed by atoms with Gasteiger partial charge in [0.25, 0.3) is 11.8 Å². The Hall–Kier alpha value is -4.41. The third kappa shape index (κ3) is 7.15. The average molecular weight is 587 g/mol. The first-order valence-electron chi connectivity index (χ1n) is 14.4. The molecule has 3 aromatic carbocycles. The quantitative estimate of drug-likeness (QED) is 0.337. The summed E-state index contributed by atoms with van der Waals surface area (Å²) in [6, 6.07) is 22.0. The molecule has 0 unspecified atom stereocenters. The maximum absolute atomic E-state index is 14.1. The van der Waals surface area contributed by atoms with Crippen molar-refractivity contribution in [3.63, 3.8) is 0 Å². The number of hydrogen-bond donors (Lipinski definition) is 0. The zero-order valence-corrected chi connectivity index (χ0v) is 24.9. The summed E-state index contributed by atoms with van der Waals surface area (Å²) in [6.45, 7) is 3.81. The highest BCUT2D eigenvalue weighted by Crippen LogP contribution is 2.36. The van der Waals surface area contributed by atoms with Crippen LogP contribution in [0.3, 0.4) is 0 Å². The number of carbonyl (C=O) groups excluding carboxylic acids is 2. The molecule has 1 fully saturated rings. The van der Waals surface area contributed by atoms with Gasteiger partial charge in [0.05, 0.1) is 46.3 Å². The fourth-order valence-corrected chi connectivity index (χ4v) is 5.37. The van der Waals surface area contributed by atoms with Crippen molar-refractivity contribution in [3.8, 4) is 17.2 Å². The number of carbonyl (C=O) groups is 2. The van der Waals surface area contributed by atoms with Gasteiger partial charge >= 0.3 is 0 Å². The highest BCUT2D eigenvalue weighted by Gasteiger charge is 2.35. The van der Waals surface area contributed by atoms with Crippen molar-refractivity contribution < 1.29 is 28.5 Å². The number of nitrogens with zero attached hydrogens (tertiary/aromatic N) is 4. The van der Waals surface area contributed by atoms with Crippen molar-refractivity contribution in [2.24, 2.45) is 5.10 Å². The minimum Gasteiger partial charge on any atom is -0.497 e. The molecular weight excluding hydrogens is 548 g/mol. The Balaban J connectivity index is 1.43. The standard InChI is InChI=1S/C33H38N4O6/c1-40-26-11-9-25(10-12-26)33(39)36(16-15-35-17-19-43-20-18-35)23-32(38)37-30(24-7-5-4-6-8-24)22-29(34-37)28-14-13-27(41-2)21-31(28)42-3/h4-14,21,30H,15-20,22-23H2,1-3H3/t30-/m0/s1. The summed E-state index contributed by atoms with van der Waals surface area (Å²) in [5.41, 5.74) is 2.97. The SMILES string of the molecule is COc1ccc(C(=O)N(CCN2CCOCC2)CC(=O)N2N=C(c3ccc(OC)cc3OC)C[C@H]2c2ccccc2)cc1. The van der Waals surface area contributed by atoms with Gasteiger partial charge in [0.15, 0.2) is 0 Å². The van der Waals surface area contributed by atoms with Crippen LogP contribution in [0, 0.1) is 0 Å². The van der Waals surface area contributed by atoms with Crippen LogP contribution in [0.25, 0.3) is 0 Å². The number of benzene rings is 3. The lowest BCUT2D eigenvalue weighted by Crippen LogP contribution is -2.46. The summed E-state index contributed by atoms with van der Waals surface area (Å²) in [7, 11) is 4.79. The Morgan fingerprint density at radius 3 is 2.28 bits per heavy atom. The number of amides is 2. The number of morpholine rings is 1. The van der Waals surface area contributed by atoms with Crippen LogP contribution in [0.1, 0.15) is 33.9 Å². The lowest BCUT2D eigenvalue weighted by Gasteiger charge is -2.31. The molecule has 2 aliphatic heterocycles. The normalized spacial score (nSPS) is 16.9. The second-order valence-corrected chi connectivity index (χ2v) is 10.4. The van der Waals surface area contributed by atoms with Crippen LogP contribution in [0.4, 0.5) is 0 Å². The van der Waals surface area contributed by atoms with E-state index in [0.717, 1.165) is 29.9 Å². The van der Waals surface area contributed by atoms with Crippen molar-refractivity contribution in [2.45, 2.75) is 12.5 Å². The van der Waals surface area contributed by atoms with E-state index in [1.54, 1.807) is 56.6 Å². The first-order valence-corrected chi connectivity index (χ1v) is 14.4. The van der Waals surface area contributed by atoms with Crippen molar-refractivity contribution in [1.29, 1.82) is 0 Å². The molecule has 226 valence electrons. The van der Waals surface area contributed by atoms with Crippen molar-refractivity contribution >= 4 is 17.5 Å². The third-order valence-corrected chi connectivity index (χ3v) is 7.81. The number of ether oxygens (including phenoxy) is 4. The van der Waals surface area contributed by atoms with Gasteiger partial charge < -0.3 is 23.8 Å². The molecule has 43 heavy (non-hydrogen) atoms. The van der Waals surface area contributed by atoms with E-state index in [1.807, 2.05) is 42.5 Å². The second-order valence-electron chi connectivity index (χ2n) is 10.4. The first kappa shape index (κ1) is 30.1. The predicted octanol–water partition coefficient (Wildman–Crippen LogP) is 3.86. The Labute approximate surface area is 252 Å². The topological polar surface area (TPSA) is 93.1 Å². The number of hydrogen-bond acceptors (Lipinski definition) is 8. The minimum atomic E-state index is -0.326. The fourth-order valence-electron chi connectivity index (χ4n) is 5.37. The molecule has 0 aliphatic carbocycles. The predicted molar refractivity (Wildman–Crippen MR) is 163 cm³/mol. The van der Waals surface area contributed by atoms with Crippen LogP contribution >= 0.6 is 0 Å². The molecule has 0 saturated carbocycles. The van der Waals surface area contributed by atoms with E-state index in [-0.39, 0.29) is 24.4 Å². The van der Waals surface area contributed by atoms with Crippen LogP contribution in [0.15, 0.2) is 77.9 Å². The maximum Gasteiger partial charge on any atom is 0.262 e. The Bertz CT molecular complexity index is 1420. The minimum absolute atomic E-state index is 0.116. The fraction of sp³-hybridized carbons (Fsp3) is 0.364. The molecule has 0 N–H and O–H groups in total. The van der Waals surface area contributed by atoms with Gasteiger partial charge in [-0.1, -0.05) is 30.3 Å². The molecule has 2 heterocycles. The van der Waals surface area contributed by atoms with E-state index < -0.39 is 0 Å². The molecule has 0 aromatic heterocycles. The molecule has 1 atom stereocenters. The Morgan fingerprint density at radius 1 is 0.907 bits per heavy atom. The van der Waals surface area contributed by atoms with Crippen LogP contribution in [-0.4, -0.2) is 99.6 Å². The van der Waals surface area contributed by atoms with Gasteiger partial charge in [-0.2, -0.15) is 5.10 Å². The van der Waals surface area contributed by atoms with Gasteiger partial charge in [-0.3, -0.25) is 14.5 Å². The van der Waals surface area contributed by atoms with E-state index in [0.29, 0.717) is 55.5 Å². The zero-order chi connectivity index (χ0) is 30.2. The summed E-state index contributed by atoms with van der Waals surface area (Å²) in [6.07, 6.45) is 0.499. The summed E-state index contributed by atoms with van der Waals surface area (Å²) in [5, 5.41) is 6.36. The number of hydrazone groups is 1. The average Bonchev–Trinajstić information content (AvgIpc) is 3.52. The molecule has 10 nitrogen and oxygen atoms in total. The van der Waals surface area contributed by atoms with Crippen LogP contribution in [-0.2, 0) is 9.53 Å². The molecule has 1 saturated heterocycles. The number of rotatable bonds is 11. The van der Waals surface area contributed by atoms with Crippen molar-refractivity contribution in [1.82, 2.24) is 14.8 Å². The lowest BCUT2D eigenvalue weighted by molar-refractivity contribution is -0.133. The number of methoxy groups -OCH3 is 3. The van der Waals surface area contributed by atoms with Crippen LogP contribution < -0.4 is 14.2 Å². The second kappa shape index (κ2) is 14.2. The molecule has 5 rings (SSSR count). The molecular formula is C33H38N4O6. The van der Waals surface area contributed by atoms with Gasteiger partial charge in [-0.05, 0) is 42.0 Å². The monoisotopic (exact) mass is 586 g/mol. The van der Waals surface area contributed by atoms with Crippen LogP contribution in [0.5, 0.6) is 17.2 Å². The molecule has 2 aliphatic rings. The van der Waals surface area contributed by atoms with Gasteiger partial charge in [0.1, 0.15) is 23.8 Å². The van der Waals surface area contributed by atoms with E-state index in [9.17, 15) is 9.59 Å². The van der Waals surface area contributed by atoms with Gasteiger partial charge in [-0.25, -0.2) is 5.01 Å². The molecule has 0 spiro atoms. The highest BCUT2D eigenvalue weighted by molar-refractivity contribution is 6.05. The van der Waals surface area contributed by atoms with Crippen molar-refractivity contribution in [2.75, 3.05) is 67.3 Å². The van der Waals surface area contributed by atoms with Crippen LogP contribution in [0.2, 0.25) is 0 Å². The smallest absolute Gasteiger partial charge is 0.262 e. The summed E-state index contributed by atoms with van der Waals surface area (Å²) >= 11 is 0. The van der Waals surface area contributed by atoms with E-state index in [4.69, 9.17) is 24.0 Å². The van der Waals surface area contributed by atoms with Gasteiger partial charge in [0.2, 0.25) is 0 Å². The van der Waals surface area contributed by atoms with E-state index in [2.05, 4.69) is 4.90 Å². The summed E-state index contributed by atoms with van der Waals surface area (Å²) < 4.78 is 21.8. The molecule has 0 bridgehead atoms. The first-order chi connectivity index (χ1) is 21.0. The van der Waals surface area contributed by atoms with Gasteiger partial charge in [-0.15, -0.1) is 0 Å². The van der Waals surface area contributed by atoms with E-state index in [1.165, 1.54) is 5.01 Å². The lowest BCUT2D eigenvalue weighted by atomic mass is 9.98. The summed E-state index contributed by atoms with van der Waals surface area (Å²) in [5.74, 6) is 1.45.